The number of halogens is 1. The zero-order valence-electron chi connectivity index (χ0n) is 10.7. The van der Waals surface area contributed by atoms with E-state index < -0.39 is 0 Å². The quantitative estimate of drug-likeness (QED) is 0.912. The minimum atomic E-state index is 0.187. The Bertz CT molecular complexity index is 583. The van der Waals surface area contributed by atoms with Gasteiger partial charge in [0.15, 0.2) is 0 Å². The van der Waals surface area contributed by atoms with Crippen molar-refractivity contribution in [1.29, 1.82) is 0 Å². The summed E-state index contributed by atoms with van der Waals surface area (Å²) in [6, 6.07) is 8.52. The maximum absolute atomic E-state index is 9.18. The lowest BCUT2D eigenvalue weighted by Gasteiger charge is -2.22. The Kier molecular flexibility index (Phi) is 3.69. The minimum absolute atomic E-state index is 0.187. The summed E-state index contributed by atoms with van der Waals surface area (Å²) in [6.07, 6.45) is 4.24. The number of hydrogen-bond acceptors (Lipinski definition) is 3. The number of pyridine rings is 1. The highest BCUT2D eigenvalue weighted by atomic mass is 35.5. The number of benzene rings is 1. The van der Waals surface area contributed by atoms with Crippen LogP contribution in [0.4, 0.5) is 0 Å². The topological polar surface area (TPSA) is 36.4 Å². The Balaban J connectivity index is 1.96. The highest BCUT2D eigenvalue weighted by molar-refractivity contribution is 6.32. The molecule has 19 heavy (non-hydrogen) atoms. The molecule has 1 aromatic heterocycles. The summed E-state index contributed by atoms with van der Waals surface area (Å²) in [5.41, 5.74) is 2.04. The van der Waals surface area contributed by atoms with Gasteiger partial charge in [-0.05, 0) is 25.0 Å². The smallest absolute Gasteiger partial charge is 0.0761 e. The standard InChI is InChI=1S/C15H17ClN2O/c16-14-6-3-11-2-1-7-17-15(11)13(14)10-18(8-9-19)12-4-5-12/h1-3,6-7,12,19H,4-5,8-10H2. The molecule has 0 spiro atoms. The van der Waals surface area contributed by atoms with Gasteiger partial charge in [0.25, 0.3) is 0 Å². The summed E-state index contributed by atoms with van der Waals surface area (Å²) in [5, 5.41) is 11.1. The van der Waals surface area contributed by atoms with Crippen molar-refractivity contribution in [2.24, 2.45) is 0 Å². The van der Waals surface area contributed by atoms with Crippen LogP contribution < -0.4 is 0 Å². The molecule has 1 saturated carbocycles. The third-order valence-electron chi connectivity index (χ3n) is 3.63. The molecule has 0 atom stereocenters. The summed E-state index contributed by atoms with van der Waals surface area (Å²) in [5.74, 6) is 0. The lowest BCUT2D eigenvalue weighted by atomic mass is 10.1. The summed E-state index contributed by atoms with van der Waals surface area (Å²) >= 11 is 6.34. The number of aromatic nitrogens is 1. The normalized spacial score (nSPS) is 15.3. The van der Waals surface area contributed by atoms with Gasteiger partial charge in [0, 0.05) is 41.3 Å². The summed E-state index contributed by atoms with van der Waals surface area (Å²) in [7, 11) is 0. The molecule has 0 saturated heterocycles. The Morgan fingerprint density at radius 2 is 2.16 bits per heavy atom. The van der Waals surface area contributed by atoms with Gasteiger partial charge in [-0.25, -0.2) is 0 Å². The van der Waals surface area contributed by atoms with Gasteiger partial charge < -0.3 is 5.11 Å². The molecule has 1 N–H and O–H groups in total. The second-order valence-electron chi connectivity index (χ2n) is 5.03. The number of fused-ring (bicyclic) bond motifs is 1. The van der Waals surface area contributed by atoms with E-state index in [9.17, 15) is 5.11 Å². The molecule has 1 fully saturated rings. The molecule has 0 unspecified atom stereocenters. The lowest BCUT2D eigenvalue weighted by Crippen LogP contribution is -2.28. The lowest BCUT2D eigenvalue weighted by molar-refractivity contribution is 0.184. The van der Waals surface area contributed by atoms with E-state index >= 15 is 0 Å². The second kappa shape index (κ2) is 5.45. The molecular formula is C15H17ClN2O. The molecule has 0 aliphatic heterocycles. The van der Waals surface area contributed by atoms with Crippen LogP contribution in [-0.2, 0) is 6.54 Å². The fraction of sp³-hybridized carbons (Fsp3) is 0.400. The molecule has 0 radical (unpaired) electrons. The van der Waals surface area contributed by atoms with E-state index in [2.05, 4.69) is 16.0 Å². The number of nitrogens with zero attached hydrogens (tertiary/aromatic N) is 2. The van der Waals surface area contributed by atoms with Gasteiger partial charge in [0.05, 0.1) is 12.1 Å². The van der Waals surface area contributed by atoms with Gasteiger partial charge in [0.1, 0.15) is 0 Å². The molecule has 0 amide bonds. The number of hydrogen-bond donors (Lipinski definition) is 1. The molecule has 0 bridgehead atoms. The number of aliphatic hydroxyl groups is 1. The van der Waals surface area contributed by atoms with Crippen LogP contribution in [0.2, 0.25) is 5.02 Å². The third-order valence-corrected chi connectivity index (χ3v) is 3.99. The molecule has 1 heterocycles. The molecule has 2 aromatic rings. The Morgan fingerprint density at radius 1 is 1.32 bits per heavy atom. The zero-order chi connectivity index (χ0) is 13.2. The van der Waals surface area contributed by atoms with Gasteiger partial charge in [-0.3, -0.25) is 9.88 Å². The first-order chi connectivity index (χ1) is 9.29. The summed E-state index contributed by atoms with van der Waals surface area (Å²) in [4.78, 5) is 6.76. The van der Waals surface area contributed by atoms with E-state index in [0.717, 1.165) is 28.0 Å². The Morgan fingerprint density at radius 3 is 2.89 bits per heavy atom. The fourth-order valence-corrected chi connectivity index (χ4v) is 2.71. The van der Waals surface area contributed by atoms with Gasteiger partial charge in [-0.2, -0.15) is 0 Å². The highest BCUT2D eigenvalue weighted by Crippen LogP contribution is 2.31. The van der Waals surface area contributed by atoms with Crippen LogP contribution in [0.15, 0.2) is 30.5 Å². The number of rotatable bonds is 5. The maximum Gasteiger partial charge on any atom is 0.0761 e. The van der Waals surface area contributed by atoms with Crippen molar-refractivity contribution in [3.05, 3.63) is 41.0 Å². The van der Waals surface area contributed by atoms with Crippen molar-refractivity contribution in [2.45, 2.75) is 25.4 Å². The van der Waals surface area contributed by atoms with Crippen LogP contribution in [0.3, 0.4) is 0 Å². The Labute approximate surface area is 117 Å². The molecule has 4 heteroatoms. The minimum Gasteiger partial charge on any atom is -0.395 e. The van der Waals surface area contributed by atoms with Crippen molar-refractivity contribution in [3.63, 3.8) is 0 Å². The average Bonchev–Trinajstić information content (AvgIpc) is 3.25. The molecule has 3 nitrogen and oxygen atoms in total. The highest BCUT2D eigenvalue weighted by Gasteiger charge is 2.29. The summed E-state index contributed by atoms with van der Waals surface area (Å²) < 4.78 is 0. The molecule has 1 aliphatic carbocycles. The van der Waals surface area contributed by atoms with Crippen molar-refractivity contribution in [3.8, 4) is 0 Å². The van der Waals surface area contributed by atoms with Crippen LogP contribution >= 0.6 is 11.6 Å². The predicted molar refractivity (Wildman–Crippen MR) is 77.3 cm³/mol. The van der Waals surface area contributed by atoms with Gasteiger partial charge >= 0.3 is 0 Å². The van der Waals surface area contributed by atoms with E-state index in [1.165, 1.54) is 12.8 Å². The van der Waals surface area contributed by atoms with Crippen LogP contribution in [0.1, 0.15) is 18.4 Å². The van der Waals surface area contributed by atoms with Crippen molar-refractivity contribution >= 4 is 22.5 Å². The second-order valence-corrected chi connectivity index (χ2v) is 5.43. The van der Waals surface area contributed by atoms with Gasteiger partial charge in [-0.1, -0.05) is 23.7 Å². The van der Waals surface area contributed by atoms with Gasteiger partial charge in [-0.15, -0.1) is 0 Å². The largest absolute Gasteiger partial charge is 0.395 e. The van der Waals surface area contributed by atoms with E-state index in [-0.39, 0.29) is 6.61 Å². The molecule has 100 valence electrons. The third kappa shape index (κ3) is 2.73. The SMILES string of the molecule is OCCN(Cc1c(Cl)ccc2cccnc12)C1CC1. The fourth-order valence-electron chi connectivity index (χ4n) is 2.49. The average molecular weight is 277 g/mol. The monoisotopic (exact) mass is 276 g/mol. The molecule has 1 aliphatic rings. The van der Waals surface area contributed by atoms with Crippen LogP contribution in [0, 0.1) is 0 Å². The van der Waals surface area contributed by atoms with Crippen LogP contribution in [0.5, 0.6) is 0 Å². The van der Waals surface area contributed by atoms with E-state index in [1.54, 1.807) is 6.20 Å². The first kappa shape index (κ1) is 12.9. The van der Waals surface area contributed by atoms with Gasteiger partial charge in [0.2, 0.25) is 0 Å². The van der Waals surface area contributed by atoms with E-state index in [0.29, 0.717) is 12.6 Å². The Hall–Kier alpha value is -1.16. The van der Waals surface area contributed by atoms with E-state index in [1.807, 2.05) is 18.2 Å². The zero-order valence-corrected chi connectivity index (χ0v) is 11.5. The van der Waals surface area contributed by atoms with Crippen molar-refractivity contribution < 1.29 is 5.11 Å². The van der Waals surface area contributed by atoms with Crippen LogP contribution in [-0.4, -0.2) is 34.2 Å². The maximum atomic E-state index is 9.18. The van der Waals surface area contributed by atoms with E-state index in [4.69, 9.17) is 11.6 Å². The summed E-state index contributed by atoms with van der Waals surface area (Å²) in [6.45, 7) is 1.65. The number of aliphatic hydroxyl groups excluding tert-OH is 1. The molecule has 3 rings (SSSR count). The van der Waals surface area contributed by atoms with Crippen molar-refractivity contribution in [2.75, 3.05) is 13.2 Å². The van der Waals surface area contributed by atoms with Crippen molar-refractivity contribution in [1.82, 2.24) is 9.88 Å². The first-order valence-electron chi connectivity index (χ1n) is 6.66. The van der Waals surface area contributed by atoms with Crippen LogP contribution in [0.25, 0.3) is 10.9 Å². The predicted octanol–water partition coefficient (Wildman–Crippen LogP) is 2.84. The molecular weight excluding hydrogens is 260 g/mol. The molecule has 1 aromatic carbocycles. The first-order valence-corrected chi connectivity index (χ1v) is 7.04.